The highest BCUT2D eigenvalue weighted by Gasteiger charge is 2.34. The van der Waals surface area contributed by atoms with Crippen molar-refractivity contribution in [1.29, 1.82) is 0 Å². The average molecular weight is 463 g/mol. The Morgan fingerprint density at radius 1 is 1.09 bits per heavy atom. The van der Waals surface area contributed by atoms with Crippen LogP contribution in [0.4, 0.5) is 16.3 Å². The molecule has 4 rings (SSSR count). The van der Waals surface area contributed by atoms with Crippen LogP contribution in [0.1, 0.15) is 33.5 Å². The van der Waals surface area contributed by atoms with Gasteiger partial charge in [0.25, 0.3) is 0 Å². The molecule has 1 saturated heterocycles. The Balaban J connectivity index is 1.61. The highest BCUT2D eigenvalue weighted by molar-refractivity contribution is 6.00. The van der Waals surface area contributed by atoms with Gasteiger partial charge in [0.15, 0.2) is 6.29 Å². The van der Waals surface area contributed by atoms with Crippen LogP contribution in [-0.4, -0.2) is 34.4 Å². The van der Waals surface area contributed by atoms with Gasteiger partial charge in [0.05, 0.1) is 23.9 Å². The minimum absolute atomic E-state index is 0.0449. The van der Waals surface area contributed by atoms with E-state index in [-0.39, 0.29) is 17.9 Å². The second kappa shape index (κ2) is 10.4. The lowest BCUT2D eigenvalue weighted by molar-refractivity contribution is -0.130. The van der Waals surface area contributed by atoms with Gasteiger partial charge in [-0.2, -0.15) is 5.10 Å². The van der Waals surface area contributed by atoms with Crippen LogP contribution in [-0.2, 0) is 4.79 Å². The summed E-state index contributed by atoms with van der Waals surface area (Å²) in [5, 5.41) is 16.8. The third kappa shape index (κ3) is 5.04. The SMILES string of the molecule is CCOc1ccccc1NC(=O)Nc1cc(-c2ccccc2)nn1C1NC(=O)C(CC)C(C)N1. The molecule has 178 valence electrons. The summed E-state index contributed by atoms with van der Waals surface area (Å²) >= 11 is 0. The van der Waals surface area contributed by atoms with Crippen LogP contribution in [0.5, 0.6) is 5.75 Å². The maximum absolute atomic E-state index is 12.9. The second-order valence-corrected chi connectivity index (χ2v) is 8.11. The predicted octanol–water partition coefficient (Wildman–Crippen LogP) is 4.18. The number of benzene rings is 2. The zero-order chi connectivity index (χ0) is 24.1. The van der Waals surface area contributed by atoms with Crippen molar-refractivity contribution in [2.75, 3.05) is 17.2 Å². The smallest absolute Gasteiger partial charge is 0.324 e. The maximum atomic E-state index is 12.9. The van der Waals surface area contributed by atoms with E-state index in [0.717, 1.165) is 12.0 Å². The van der Waals surface area contributed by atoms with E-state index < -0.39 is 12.3 Å². The van der Waals surface area contributed by atoms with Gasteiger partial charge in [0.2, 0.25) is 5.91 Å². The van der Waals surface area contributed by atoms with Crippen LogP contribution < -0.4 is 26.0 Å². The molecule has 3 unspecified atom stereocenters. The number of amides is 3. The topological polar surface area (TPSA) is 109 Å². The van der Waals surface area contributed by atoms with Gasteiger partial charge in [-0.25, -0.2) is 9.48 Å². The zero-order valence-corrected chi connectivity index (χ0v) is 19.5. The zero-order valence-electron chi connectivity index (χ0n) is 19.5. The fourth-order valence-electron chi connectivity index (χ4n) is 4.10. The summed E-state index contributed by atoms with van der Waals surface area (Å²) in [5.74, 6) is 0.844. The normalized spacial score (nSPS) is 19.9. The van der Waals surface area contributed by atoms with Gasteiger partial charge in [0, 0.05) is 17.7 Å². The summed E-state index contributed by atoms with van der Waals surface area (Å²) in [7, 11) is 0. The number of hydrogen-bond acceptors (Lipinski definition) is 5. The Bertz CT molecular complexity index is 1150. The van der Waals surface area contributed by atoms with Crippen molar-refractivity contribution >= 4 is 23.4 Å². The van der Waals surface area contributed by atoms with Crippen molar-refractivity contribution in [3.05, 3.63) is 60.7 Å². The van der Waals surface area contributed by atoms with Crippen molar-refractivity contribution in [3.63, 3.8) is 0 Å². The summed E-state index contributed by atoms with van der Waals surface area (Å²) in [4.78, 5) is 25.6. The number of urea groups is 1. The van der Waals surface area contributed by atoms with Crippen LogP contribution in [0.15, 0.2) is 60.7 Å². The van der Waals surface area contributed by atoms with Crippen molar-refractivity contribution in [2.45, 2.75) is 39.5 Å². The van der Waals surface area contributed by atoms with Gasteiger partial charge in [-0.15, -0.1) is 0 Å². The summed E-state index contributed by atoms with van der Waals surface area (Å²) in [5.41, 5.74) is 2.12. The highest BCUT2D eigenvalue weighted by atomic mass is 16.5. The van der Waals surface area contributed by atoms with Crippen molar-refractivity contribution < 1.29 is 14.3 Å². The number of nitrogens with one attached hydrogen (secondary N) is 4. The molecule has 1 aliphatic heterocycles. The summed E-state index contributed by atoms with van der Waals surface area (Å²) in [6.07, 6.45) is 0.127. The van der Waals surface area contributed by atoms with E-state index in [2.05, 4.69) is 21.3 Å². The van der Waals surface area contributed by atoms with E-state index in [1.165, 1.54) is 0 Å². The molecule has 9 heteroatoms. The Kier molecular flexibility index (Phi) is 7.12. The molecule has 2 heterocycles. The van der Waals surface area contributed by atoms with E-state index in [9.17, 15) is 9.59 Å². The number of nitrogens with zero attached hydrogens (tertiary/aromatic N) is 2. The van der Waals surface area contributed by atoms with Gasteiger partial charge in [-0.05, 0) is 32.4 Å². The van der Waals surface area contributed by atoms with Crippen molar-refractivity contribution in [2.24, 2.45) is 5.92 Å². The number of carbonyl (C=O) groups is 2. The number of anilines is 2. The summed E-state index contributed by atoms with van der Waals surface area (Å²) in [6, 6.07) is 18.2. The lowest BCUT2D eigenvalue weighted by Gasteiger charge is -2.35. The Morgan fingerprint density at radius 3 is 2.53 bits per heavy atom. The minimum Gasteiger partial charge on any atom is -0.492 e. The maximum Gasteiger partial charge on any atom is 0.324 e. The number of ether oxygens (including phenoxy) is 1. The van der Waals surface area contributed by atoms with E-state index in [1.807, 2.05) is 63.2 Å². The molecule has 0 aliphatic carbocycles. The first-order valence-electron chi connectivity index (χ1n) is 11.5. The van der Waals surface area contributed by atoms with Gasteiger partial charge in [-0.3, -0.25) is 15.4 Å². The molecular formula is C25H30N6O3. The van der Waals surface area contributed by atoms with E-state index in [0.29, 0.717) is 29.6 Å². The van der Waals surface area contributed by atoms with Crippen LogP contribution >= 0.6 is 0 Å². The first kappa shape index (κ1) is 23.3. The molecule has 9 nitrogen and oxygen atoms in total. The number of aromatic nitrogens is 2. The first-order chi connectivity index (χ1) is 16.5. The molecule has 3 aromatic rings. The number of carbonyl (C=O) groups excluding carboxylic acids is 2. The number of hydrogen-bond donors (Lipinski definition) is 4. The molecule has 1 fully saturated rings. The van der Waals surface area contributed by atoms with Crippen LogP contribution in [0.25, 0.3) is 11.3 Å². The standard InChI is InChI=1S/C25H30N6O3/c1-4-18-16(3)26-24(29-23(18)32)31-22(15-20(30-31)17-11-7-6-8-12-17)28-25(33)27-19-13-9-10-14-21(19)34-5-2/h6-16,18,24,26H,4-5H2,1-3H3,(H,29,32)(H2,27,28,33). The number of rotatable bonds is 7. The number of para-hydroxylation sites is 2. The minimum atomic E-state index is -0.603. The van der Waals surface area contributed by atoms with Crippen molar-refractivity contribution in [3.8, 4) is 17.0 Å². The fraction of sp³-hybridized carbons (Fsp3) is 0.320. The fourth-order valence-corrected chi connectivity index (χ4v) is 4.10. The van der Waals surface area contributed by atoms with Crippen LogP contribution in [0.2, 0.25) is 0 Å². The third-order valence-corrected chi connectivity index (χ3v) is 5.81. The molecule has 0 saturated carbocycles. The lowest BCUT2D eigenvalue weighted by atomic mass is 9.95. The van der Waals surface area contributed by atoms with Gasteiger partial charge < -0.3 is 15.4 Å². The monoisotopic (exact) mass is 462 g/mol. The van der Waals surface area contributed by atoms with Crippen LogP contribution in [0.3, 0.4) is 0 Å². The Hall–Kier alpha value is -3.85. The van der Waals surface area contributed by atoms with E-state index in [1.54, 1.807) is 22.9 Å². The molecule has 0 spiro atoms. The van der Waals surface area contributed by atoms with Gasteiger partial charge >= 0.3 is 6.03 Å². The molecule has 4 N–H and O–H groups in total. The molecule has 0 bridgehead atoms. The highest BCUT2D eigenvalue weighted by Crippen LogP contribution is 2.27. The Morgan fingerprint density at radius 2 is 1.82 bits per heavy atom. The van der Waals surface area contributed by atoms with E-state index >= 15 is 0 Å². The molecule has 3 atom stereocenters. The molecule has 34 heavy (non-hydrogen) atoms. The predicted molar refractivity (Wildman–Crippen MR) is 131 cm³/mol. The quantitative estimate of drug-likeness (QED) is 0.421. The van der Waals surface area contributed by atoms with Crippen molar-refractivity contribution in [1.82, 2.24) is 20.4 Å². The molecule has 1 aliphatic rings. The first-order valence-corrected chi connectivity index (χ1v) is 11.5. The molecule has 2 aromatic carbocycles. The molecular weight excluding hydrogens is 432 g/mol. The van der Waals surface area contributed by atoms with Gasteiger partial charge in [-0.1, -0.05) is 49.4 Å². The molecule has 1 aromatic heterocycles. The largest absolute Gasteiger partial charge is 0.492 e. The molecule has 3 amide bonds. The Labute approximate surface area is 198 Å². The third-order valence-electron chi connectivity index (χ3n) is 5.81. The summed E-state index contributed by atoms with van der Waals surface area (Å²) in [6.45, 7) is 6.33. The molecule has 0 radical (unpaired) electrons. The lowest BCUT2D eigenvalue weighted by Crippen LogP contribution is -2.57. The second-order valence-electron chi connectivity index (χ2n) is 8.11. The van der Waals surface area contributed by atoms with Crippen LogP contribution in [0, 0.1) is 5.92 Å². The van der Waals surface area contributed by atoms with E-state index in [4.69, 9.17) is 9.84 Å². The van der Waals surface area contributed by atoms with Gasteiger partial charge in [0.1, 0.15) is 11.6 Å². The average Bonchev–Trinajstić information content (AvgIpc) is 3.24. The summed E-state index contributed by atoms with van der Waals surface area (Å²) < 4.78 is 7.19.